The molecule has 0 fully saturated rings. The number of carbonyl (C=O) groups excluding carboxylic acids is 3. The van der Waals surface area contributed by atoms with E-state index in [9.17, 15) is 14.4 Å². The fraction of sp³-hybridized carbons (Fsp3) is 0.348. The van der Waals surface area contributed by atoms with Crippen LogP contribution < -0.4 is 10.1 Å². The summed E-state index contributed by atoms with van der Waals surface area (Å²) in [5.41, 5.74) is 0.816. The fourth-order valence-electron chi connectivity index (χ4n) is 2.83. The highest BCUT2D eigenvalue weighted by molar-refractivity contribution is 5.92. The summed E-state index contributed by atoms with van der Waals surface area (Å²) in [5, 5.41) is 4.58. The summed E-state index contributed by atoms with van der Waals surface area (Å²) < 4.78 is 14.9. The monoisotopic (exact) mass is 413 g/mol. The highest BCUT2D eigenvalue weighted by Gasteiger charge is 2.26. The largest absolute Gasteiger partial charge is 0.497 e. The van der Waals surface area contributed by atoms with Gasteiger partial charge in [-0.25, -0.2) is 9.59 Å². The molecule has 0 bridgehead atoms. The molecule has 2 rings (SSSR count). The molecule has 0 heterocycles. The van der Waals surface area contributed by atoms with E-state index in [1.165, 1.54) is 13.2 Å². The van der Waals surface area contributed by atoms with Gasteiger partial charge < -0.3 is 19.5 Å². The molecule has 0 aliphatic carbocycles. The lowest BCUT2D eigenvalue weighted by Crippen LogP contribution is -2.47. The molecule has 0 saturated carbocycles. The van der Waals surface area contributed by atoms with Crippen LogP contribution in [-0.2, 0) is 23.9 Å². The van der Waals surface area contributed by atoms with Gasteiger partial charge in [0.15, 0.2) is 6.61 Å². The number of rotatable bonds is 9. The Morgan fingerprint density at radius 2 is 1.77 bits per heavy atom. The first-order valence-electron chi connectivity index (χ1n) is 9.67. The molecule has 0 aliphatic rings. The summed E-state index contributed by atoms with van der Waals surface area (Å²) in [6.45, 7) is 3.25. The normalized spacial score (nSPS) is 12.9. The molecule has 2 aromatic carbocycles. The molecule has 0 aliphatic heterocycles. The van der Waals surface area contributed by atoms with Crippen molar-refractivity contribution in [1.82, 2.24) is 5.32 Å². The van der Waals surface area contributed by atoms with Crippen molar-refractivity contribution in [3.8, 4) is 5.75 Å². The Labute approximate surface area is 176 Å². The summed E-state index contributed by atoms with van der Waals surface area (Å²) >= 11 is 0. The number of amides is 1. The maximum Gasteiger partial charge on any atom is 0.331 e. The Bertz CT molecular complexity index is 936. The van der Waals surface area contributed by atoms with Gasteiger partial charge in [0.2, 0.25) is 0 Å². The van der Waals surface area contributed by atoms with E-state index in [0.29, 0.717) is 6.42 Å². The first-order chi connectivity index (χ1) is 14.4. The molecule has 1 N–H and O–H groups in total. The molecule has 30 heavy (non-hydrogen) atoms. The minimum atomic E-state index is -0.780. The van der Waals surface area contributed by atoms with E-state index in [2.05, 4.69) is 5.32 Å². The highest BCUT2D eigenvalue weighted by Crippen LogP contribution is 2.22. The molecule has 1 amide bonds. The van der Waals surface area contributed by atoms with Crippen LogP contribution in [-0.4, -0.2) is 44.7 Å². The molecule has 2 aromatic rings. The number of hydrogen-bond acceptors (Lipinski definition) is 6. The summed E-state index contributed by atoms with van der Waals surface area (Å²) in [4.78, 5) is 35.8. The van der Waals surface area contributed by atoms with Crippen LogP contribution in [0.15, 0.2) is 42.5 Å². The summed E-state index contributed by atoms with van der Waals surface area (Å²) in [7, 11) is 2.88. The Morgan fingerprint density at radius 3 is 2.43 bits per heavy atom. The predicted octanol–water partition coefficient (Wildman–Crippen LogP) is 3.11. The van der Waals surface area contributed by atoms with Gasteiger partial charge in [0.1, 0.15) is 11.8 Å². The zero-order chi connectivity index (χ0) is 22.1. The van der Waals surface area contributed by atoms with Crippen molar-refractivity contribution in [3.63, 3.8) is 0 Å². The molecule has 7 heteroatoms. The second-order valence-corrected chi connectivity index (χ2v) is 6.87. The lowest BCUT2D eigenvalue weighted by atomic mass is 9.99. The zero-order valence-corrected chi connectivity index (χ0v) is 17.6. The van der Waals surface area contributed by atoms with E-state index in [1.54, 1.807) is 13.2 Å². The SMILES string of the molecule is CC[C@@H](C)[C@@H](NC(=O)COC(=O)/C=C/c1ccc2cc(OC)ccc2c1)C(=O)OC. The number of methoxy groups -OCH3 is 2. The van der Waals surface area contributed by atoms with Crippen LogP contribution in [0, 0.1) is 5.92 Å². The first kappa shape index (κ1) is 22.9. The van der Waals surface area contributed by atoms with Gasteiger partial charge in [0, 0.05) is 6.08 Å². The topological polar surface area (TPSA) is 90.9 Å². The van der Waals surface area contributed by atoms with Crippen LogP contribution in [0.2, 0.25) is 0 Å². The Hall–Kier alpha value is -3.35. The number of fused-ring (bicyclic) bond motifs is 1. The lowest BCUT2D eigenvalue weighted by molar-refractivity contribution is -0.148. The van der Waals surface area contributed by atoms with Crippen LogP contribution in [0.4, 0.5) is 0 Å². The van der Waals surface area contributed by atoms with Crippen LogP contribution in [0.1, 0.15) is 25.8 Å². The molecule has 0 saturated heterocycles. The maximum atomic E-state index is 12.0. The van der Waals surface area contributed by atoms with Gasteiger partial charge in [0.05, 0.1) is 14.2 Å². The van der Waals surface area contributed by atoms with Gasteiger partial charge in [-0.1, -0.05) is 38.5 Å². The number of nitrogens with one attached hydrogen (secondary N) is 1. The molecule has 160 valence electrons. The summed E-state index contributed by atoms with van der Waals surface area (Å²) in [6, 6.07) is 10.7. The van der Waals surface area contributed by atoms with Gasteiger partial charge in [-0.3, -0.25) is 4.79 Å². The van der Waals surface area contributed by atoms with Gasteiger partial charge in [-0.05, 0) is 46.5 Å². The molecular formula is C23H27NO6. The molecule has 0 spiro atoms. The minimum absolute atomic E-state index is 0.107. The molecule has 2 atom stereocenters. The van der Waals surface area contributed by atoms with Crippen molar-refractivity contribution in [2.24, 2.45) is 5.92 Å². The Balaban J connectivity index is 1.91. The Morgan fingerprint density at radius 1 is 1.07 bits per heavy atom. The quantitative estimate of drug-likeness (QED) is 0.502. The smallest absolute Gasteiger partial charge is 0.331 e. The van der Waals surface area contributed by atoms with E-state index in [-0.39, 0.29) is 5.92 Å². The van der Waals surface area contributed by atoms with Crippen molar-refractivity contribution in [2.75, 3.05) is 20.8 Å². The summed E-state index contributed by atoms with van der Waals surface area (Å²) in [6.07, 6.45) is 3.55. The van der Waals surface area contributed by atoms with Crippen molar-refractivity contribution >= 4 is 34.7 Å². The second kappa shape index (κ2) is 11.0. The van der Waals surface area contributed by atoms with E-state index < -0.39 is 30.5 Å². The fourth-order valence-corrected chi connectivity index (χ4v) is 2.83. The van der Waals surface area contributed by atoms with E-state index in [1.807, 2.05) is 50.2 Å². The molecular weight excluding hydrogens is 386 g/mol. The third kappa shape index (κ3) is 6.34. The molecule has 0 aromatic heterocycles. The zero-order valence-electron chi connectivity index (χ0n) is 17.6. The van der Waals surface area contributed by atoms with Crippen LogP contribution >= 0.6 is 0 Å². The number of ether oxygens (including phenoxy) is 3. The second-order valence-electron chi connectivity index (χ2n) is 6.87. The van der Waals surface area contributed by atoms with Crippen molar-refractivity contribution in [3.05, 3.63) is 48.0 Å². The highest BCUT2D eigenvalue weighted by atomic mass is 16.5. The van der Waals surface area contributed by atoms with Gasteiger partial charge >= 0.3 is 11.9 Å². The minimum Gasteiger partial charge on any atom is -0.497 e. The molecule has 7 nitrogen and oxygen atoms in total. The maximum absolute atomic E-state index is 12.0. The predicted molar refractivity (Wildman–Crippen MR) is 114 cm³/mol. The standard InChI is InChI=1S/C23H27NO6/c1-5-15(2)22(23(27)29-4)24-20(25)14-30-21(26)11-7-16-6-8-18-13-19(28-3)10-9-17(18)12-16/h6-13,15,22H,5,14H2,1-4H3,(H,24,25)/b11-7+/t15-,22-/m1/s1. The van der Waals surface area contributed by atoms with E-state index in [0.717, 1.165) is 22.1 Å². The number of esters is 2. The van der Waals surface area contributed by atoms with E-state index in [4.69, 9.17) is 14.2 Å². The average Bonchev–Trinajstić information content (AvgIpc) is 2.78. The number of benzene rings is 2. The summed E-state index contributed by atoms with van der Waals surface area (Å²) in [5.74, 6) is -1.08. The van der Waals surface area contributed by atoms with Gasteiger partial charge in [-0.2, -0.15) is 0 Å². The van der Waals surface area contributed by atoms with Crippen LogP contribution in [0.25, 0.3) is 16.8 Å². The lowest BCUT2D eigenvalue weighted by Gasteiger charge is -2.21. The van der Waals surface area contributed by atoms with E-state index >= 15 is 0 Å². The number of hydrogen-bond donors (Lipinski definition) is 1. The van der Waals surface area contributed by atoms with Crippen molar-refractivity contribution in [2.45, 2.75) is 26.3 Å². The Kier molecular flexibility index (Phi) is 8.41. The first-order valence-corrected chi connectivity index (χ1v) is 9.67. The van der Waals surface area contributed by atoms with Crippen LogP contribution in [0.5, 0.6) is 5.75 Å². The van der Waals surface area contributed by atoms with Gasteiger partial charge in [-0.15, -0.1) is 0 Å². The number of carbonyl (C=O) groups is 3. The van der Waals surface area contributed by atoms with Gasteiger partial charge in [0.25, 0.3) is 5.91 Å². The van der Waals surface area contributed by atoms with Crippen molar-refractivity contribution < 1.29 is 28.6 Å². The molecule has 0 unspecified atom stereocenters. The third-order valence-electron chi connectivity index (χ3n) is 4.81. The van der Waals surface area contributed by atoms with Crippen LogP contribution in [0.3, 0.4) is 0 Å². The molecule has 0 radical (unpaired) electrons. The van der Waals surface area contributed by atoms with Crippen molar-refractivity contribution in [1.29, 1.82) is 0 Å². The third-order valence-corrected chi connectivity index (χ3v) is 4.81. The average molecular weight is 413 g/mol.